The summed E-state index contributed by atoms with van der Waals surface area (Å²) in [5, 5.41) is 5.82. The van der Waals surface area contributed by atoms with Crippen molar-refractivity contribution in [3.05, 3.63) is 28.8 Å². The van der Waals surface area contributed by atoms with E-state index in [2.05, 4.69) is 23.3 Å². The summed E-state index contributed by atoms with van der Waals surface area (Å²) in [7, 11) is 0. The third-order valence-electron chi connectivity index (χ3n) is 5.80. The van der Waals surface area contributed by atoms with Crippen molar-refractivity contribution in [2.75, 3.05) is 12.3 Å². The molecular formula is C22H29ClN4O5S. The molecule has 1 aromatic rings. The number of rotatable bonds is 5. The minimum atomic E-state index is -0.885. The number of halogens is 1. The summed E-state index contributed by atoms with van der Waals surface area (Å²) in [5.74, 6) is -1.62. The van der Waals surface area contributed by atoms with Crippen LogP contribution in [0.15, 0.2) is 18.2 Å². The van der Waals surface area contributed by atoms with Crippen LogP contribution in [-0.4, -0.2) is 58.7 Å². The molecule has 11 heteroatoms. The summed E-state index contributed by atoms with van der Waals surface area (Å²) in [6.45, 7) is 5.90. The molecule has 4 atom stereocenters. The van der Waals surface area contributed by atoms with Crippen molar-refractivity contribution in [3.63, 3.8) is 0 Å². The lowest BCUT2D eigenvalue weighted by Crippen LogP contribution is -2.58. The number of thiol groups is 1. The van der Waals surface area contributed by atoms with E-state index < -0.39 is 40.9 Å². The van der Waals surface area contributed by atoms with Crippen molar-refractivity contribution in [2.24, 2.45) is 5.41 Å². The highest BCUT2D eigenvalue weighted by Gasteiger charge is 2.43. The Kier molecular flexibility index (Phi) is 7.48. The number of hydrogen-bond donors (Lipinski definition) is 4. The fraction of sp³-hybridized carbons (Fsp3) is 0.545. The molecule has 2 aliphatic rings. The largest absolute Gasteiger partial charge is 0.449 e. The number of nitrogens with zero attached hydrogens (tertiary/aromatic N) is 1. The molecule has 180 valence electrons. The van der Waals surface area contributed by atoms with Crippen LogP contribution in [0.25, 0.3) is 0 Å². The number of hydrogen-bond acceptors (Lipinski definition) is 7. The van der Waals surface area contributed by atoms with Gasteiger partial charge in [0.15, 0.2) is 5.44 Å². The molecule has 4 unspecified atom stereocenters. The summed E-state index contributed by atoms with van der Waals surface area (Å²) < 4.78 is 4.96. The zero-order valence-corrected chi connectivity index (χ0v) is 20.4. The summed E-state index contributed by atoms with van der Waals surface area (Å²) in [6, 6.07) is 2.36. The first-order valence-electron chi connectivity index (χ1n) is 10.7. The zero-order chi connectivity index (χ0) is 24.5. The Bertz CT molecular complexity index is 967. The fourth-order valence-electron chi connectivity index (χ4n) is 3.95. The lowest BCUT2D eigenvalue weighted by atomic mass is 9.85. The number of nitrogen functional groups attached to an aromatic ring is 1. The van der Waals surface area contributed by atoms with Crippen molar-refractivity contribution in [1.82, 2.24) is 15.5 Å². The molecule has 2 saturated heterocycles. The highest BCUT2D eigenvalue weighted by atomic mass is 35.5. The third-order valence-corrected chi connectivity index (χ3v) is 6.59. The van der Waals surface area contributed by atoms with Crippen LogP contribution in [0.1, 0.15) is 50.4 Å². The van der Waals surface area contributed by atoms with E-state index in [1.54, 1.807) is 0 Å². The number of carbonyl (C=O) groups excluding carboxylic acids is 4. The van der Waals surface area contributed by atoms with E-state index in [0.717, 1.165) is 0 Å². The van der Waals surface area contributed by atoms with E-state index >= 15 is 0 Å². The monoisotopic (exact) mass is 496 g/mol. The Balaban J connectivity index is 1.75. The predicted molar refractivity (Wildman–Crippen MR) is 127 cm³/mol. The molecule has 0 aliphatic carbocycles. The first-order valence-corrected chi connectivity index (χ1v) is 11.6. The molecule has 1 aromatic carbocycles. The lowest BCUT2D eigenvalue weighted by Gasteiger charge is -2.35. The van der Waals surface area contributed by atoms with E-state index in [0.29, 0.717) is 25.1 Å². The van der Waals surface area contributed by atoms with Crippen molar-refractivity contribution in [2.45, 2.75) is 63.6 Å². The van der Waals surface area contributed by atoms with Crippen molar-refractivity contribution in [3.8, 4) is 0 Å². The summed E-state index contributed by atoms with van der Waals surface area (Å²) >= 11 is 10.2. The van der Waals surface area contributed by atoms with Crippen LogP contribution in [-0.2, 0) is 19.1 Å². The van der Waals surface area contributed by atoms with Gasteiger partial charge in [0.2, 0.25) is 11.8 Å². The Hall–Kier alpha value is -2.46. The molecule has 0 radical (unpaired) electrons. The number of nitrogens with one attached hydrogen (secondary N) is 2. The van der Waals surface area contributed by atoms with Crippen LogP contribution in [0.5, 0.6) is 0 Å². The smallest absolute Gasteiger partial charge is 0.309 e. The summed E-state index contributed by atoms with van der Waals surface area (Å²) in [5.41, 5.74) is 4.99. The van der Waals surface area contributed by atoms with Gasteiger partial charge in [0.05, 0.1) is 23.2 Å². The third kappa shape index (κ3) is 5.73. The van der Waals surface area contributed by atoms with Gasteiger partial charge in [-0.05, 0) is 36.5 Å². The Labute approximate surface area is 203 Å². The first kappa shape index (κ1) is 25.2. The van der Waals surface area contributed by atoms with Crippen molar-refractivity contribution >= 4 is 53.6 Å². The highest BCUT2D eigenvalue weighted by Crippen LogP contribution is 2.27. The van der Waals surface area contributed by atoms with Crippen LogP contribution < -0.4 is 16.4 Å². The number of ether oxygens (including phenoxy) is 1. The number of carbonyl (C=O) groups is 4. The molecule has 3 rings (SSSR count). The summed E-state index contributed by atoms with van der Waals surface area (Å²) in [6.07, 6.45) is 1.16. The number of amides is 3. The highest BCUT2D eigenvalue weighted by molar-refractivity contribution is 7.80. The molecule has 0 bridgehead atoms. The average molecular weight is 497 g/mol. The summed E-state index contributed by atoms with van der Waals surface area (Å²) in [4.78, 5) is 52.3. The van der Waals surface area contributed by atoms with Gasteiger partial charge in [0.1, 0.15) is 12.1 Å². The molecule has 9 nitrogen and oxygen atoms in total. The molecule has 2 aliphatic heterocycles. The van der Waals surface area contributed by atoms with Crippen LogP contribution in [0.2, 0.25) is 5.02 Å². The second-order valence-electron chi connectivity index (χ2n) is 9.40. The Morgan fingerprint density at radius 1 is 1.30 bits per heavy atom. The predicted octanol–water partition coefficient (Wildman–Crippen LogP) is 1.75. The molecule has 4 N–H and O–H groups in total. The van der Waals surface area contributed by atoms with E-state index in [1.165, 1.54) is 23.1 Å². The van der Waals surface area contributed by atoms with Gasteiger partial charge in [-0.2, -0.15) is 0 Å². The van der Waals surface area contributed by atoms with Gasteiger partial charge in [-0.25, -0.2) is 0 Å². The zero-order valence-electron chi connectivity index (χ0n) is 18.8. The second kappa shape index (κ2) is 9.80. The van der Waals surface area contributed by atoms with Crippen molar-refractivity contribution in [1.29, 1.82) is 0 Å². The lowest BCUT2D eigenvalue weighted by molar-refractivity contribution is -0.142. The number of cyclic esters (lactones) is 1. The van der Waals surface area contributed by atoms with Gasteiger partial charge in [0, 0.05) is 12.1 Å². The number of benzene rings is 1. The van der Waals surface area contributed by atoms with Gasteiger partial charge in [0.25, 0.3) is 5.91 Å². The van der Waals surface area contributed by atoms with Gasteiger partial charge >= 0.3 is 5.97 Å². The van der Waals surface area contributed by atoms with Gasteiger partial charge in [-0.3, -0.25) is 19.2 Å². The van der Waals surface area contributed by atoms with E-state index in [9.17, 15) is 19.2 Å². The maximum atomic E-state index is 13.5. The standard InChI is InChI=1S/C22H29ClN4O5S/c1-22(2,3)17(26-18(29)11-6-7-13(24)12(23)9-11)20(31)27-8-4-5-15(27)19(30)25-14-10-16(28)32-21(14)33/h6-7,9,14-15,17,21,33H,4-5,8,10,24H2,1-3H3,(H,25,30)(H,26,29). The molecular weight excluding hydrogens is 468 g/mol. The number of nitrogens with two attached hydrogens (primary N) is 1. The normalized spacial score (nSPS) is 23.7. The molecule has 0 saturated carbocycles. The van der Waals surface area contributed by atoms with E-state index in [4.69, 9.17) is 22.1 Å². The van der Waals surface area contributed by atoms with Crippen LogP contribution >= 0.6 is 24.2 Å². The molecule has 2 fully saturated rings. The first-order chi connectivity index (χ1) is 15.4. The number of likely N-dealkylation sites (tertiary alicyclic amines) is 1. The van der Waals surface area contributed by atoms with Crippen LogP contribution in [0.4, 0.5) is 5.69 Å². The fourth-order valence-corrected chi connectivity index (χ4v) is 4.42. The van der Waals surface area contributed by atoms with E-state index in [-0.39, 0.29) is 28.8 Å². The SMILES string of the molecule is CC(C)(C)C(NC(=O)c1ccc(N)c(Cl)c1)C(=O)N1CCCC1C(=O)NC1CC(=O)OC1S. The number of esters is 1. The topological polar surface area (TPSA) is 131 Å². The Morgan fingerprint density at radius 2 is 2.00 bits per heavy atom. The number of anilines is 1. The average Bonchev–Trinajstić information content (AvgIpc) is 3.33. The minimum Gasteiger partial charge on any atom is -0.449 e. The van der Waals surface area contributed by atoms with Gasteiger partial charge in [-0.1, -0.05) is 32.4 Å². The van der Waals surface area contributed by atoms with Crippen LogP contribution in [0.3, 0.4) is 0 Å². The molecule has 0 aromatic heterocycles. The van der Waals surface area contributed by atoms with Crippen molar-refractivity contribution < 1.29 is 23.9 Å². The maximum Gasteiger partial charge on any atom is 0.309 e. The molecule has 2 heterocycles. The van der Waals surface area contributed by atoms with E-state index in [1.807, 2.05) is 20.8 Å². The van der Waals surface area contributed by atoms with Gasteiger partial charge < -0.3 is 26.0 Å². The second-order valence-corrected chi connectivity index (χ2v) is 10.3. The maximum absolute atomic E-state index is 13.5. The van der Waals surface area contributed by atoms with Gasteiger partial charge in [-0.15, -0.1) is 12.6 Å². The Morgan fingerprint density at radius 3 is 2.58 bits per heavy atom. The molecule has 33 heavy (non-hydrogen) atoms. The minimum absolute atomic E-state index is 0.0331. The quantitative estimate of drug-likeness (QED) is 0.279. The van der Waals surface area contributed by atoms with Crippen LogP contribution in [0, 0.1) is 5.41 Å². The molecule has 0 spiro atoms. The molecule has 3 amide bonds.